The molecule has 0 fully saturated rings. The molecule has 0 aromatic heterocycles. The van der Waals surface area contributed by atoms with E-state index in [4.69, 9.17) is 21.1 Å². The third-order valence-corrected chi connectivity index (χ3v) is 7.64. The molecule has 0 spiro atoms. The molecule has 2 aliphatic rings. The van der Waals surface area contributed by atoms with Crippen molar-refractivity contribution in [2.24, 2.45) is 0 Å². The van der Waals surface area contributed by atoms with Gasteiger partial charge in [-0.15, -0.1) is 0 Å². The fourth-order valence-electron chi connectivity index (χ4n) is 5.07. The minimum absolute atomic E-state index is 0.311. The summed E-state index contributed by atoms with van der Waals surface area (Å²) < 4.78 is 11.3. The Hall–Kier alpha value is -3.03. The summed E-state index contributed by atoms with van der Waals surface area (Å²) in [6.45, 7) is 2.39. The Morgan fingerprint density at radius 2 is 1.84 bits per heavy atom. The Kier molecular flexibility index (Phi) is 9.34. The standard InChI is InChI=1S/C30H37ClN2O5/c1-32-15-7-4-3-5-8-16-33-17-9-6-10-22-18-25(31)13-11-23(22)21-38-27-14-12-24(19-26(27)33)30(36,20-28(32)34)29(35)37-2/h4,7,11-14,18-19,36H,3,5-6,8-10,15-17,20-21H2,1-2H3/b7-4+/t30-/m0/s1. The molecule has 0 radical (unpaired) electrons. The van der Waals surface area contributed by atoms with Crippen LogP contribution in [0.3, 0.4) is 0 Å². The van der Waals surface area contributed by atoms with Crippen molar-refractivity contribution in [3.63, 3.8) is 0 Å². The number of ether oxygens (including phenoxy) is 2. The molecule has 2 heterocycles. The van der Waals surface area contributed by atoms with E-state index in [0.717, 1.165) is 67.9 Å². The lowest BCUT2D eigenvalue weighted by Crippen LogP contribution is -2.42. The fraction of sp³-hybridized carbons (Fsp3) is 0.467. The van der Waals surface area contributed by atoms with Crippen LogP contribution >= 0.6 is 11.6 Å². The van der Waals surface area contributed by atoms with Gasteiger partial charge >= 0.3 is 5.97 Å². The molecule has 0 aliphatic carbocycles. The molecule has 0 saturated carbocycles. The van der Waals surface area contributed by atoms with E-state index >= 15 is 0 Å². The molecule has 2 bridgehead atoms. The van der Waals surface area contributed by atoms with Gasteiger partial charge in [0.15, 0.2) is 5.60 Å². The van der Waals surface area contributed by atoms with Crippen molar-refractivity contribution in [3.8, 4) is 5.75 Å². The van der Waals surface area contributed by atoms with Gasteiger partial charge in [0.1, 0.15) is 12.4 Å². The van der Waals surface area contributed by atoms with Crippen LogP contribution < -0.4 is 9.64 Å². The third-order valence-electron chi connectivity index (χ3n) is 7.40. The van der Waals surface area contributed by atoms with Crippen molar-refractivity contribution in [1.82, 2.24) is 4.90 Å². The van der Waals surface area contributed by atoms with Gasteiger partial charge in [-0.25, -0.2) is 4.79 Å². The minimum Gasteiger partial charge on any atom is -0.487 e. The molecule has 0 saturated heterocycles. The fourth-order valence-corrected chi connectivity index (χ4v) is 5.26. The number of esters is 1. The highest BCUT2D eigenvalue weighted by molar-refractivity contribution is 6.30. The highest BCUT2D eigenvalue weighted by atomic mass is 35.5. The Morgan fingerprint density at radius 3 is 2.63 bits per heavy atom. The number of methoxy groups -OCH3 is 1. The van der Waals surface area contributed by atoms with Gasteiger partial charge in [-0.1, -0.05) is 35.9 Å². The number of allylic oxidation sites excluding steroid dienone is 1. The first kappa shape index (κ1) is 28.0. The lowest BCUT2D eigenvalue weighted by Gasteiger charge is -2.31. The van der Waals surface area contributed by atoms with E-state index < -0.39 is 18.0 Å². The zero-order chi connectivity index (χ0) is 27.1. The summed E-state index contributed by atoms with van der Waals surface area (Å²) in [5.74, 6) is -0.553. The van der Waals surface area contributed by atoms with Crippen LogP contribution in [0, 0.1) is 0 Å². The van der Waals surface area contributed by atoms with E-state index in [1.54, 1.807) is 25.2 Å². The number of aliphatic hydroxyl groups is 1. The second-order valence-corrected chi connectivity index (χ2v) is 10.5. The van der Waals surface area contributed by atoms with E-state index in [2.05, 4.69) is 11.0 Å². The molecule has 8 heteroatoms. The Labute approximate surface area is 230 Å². The number of likely N-dealkylation sites (N-methyl/N-ethyl adjacent to an activating group) is 1. The number of hydrogen-bond donors (Lipinski definition) is 1. The maximum Gasteiger partial charge on any atom is 0.343 e. The van der Waals surface area contributed by atoms with Crippen molar-refractivity contribution in [2.45, 2.75) is 57.2 Å². The molecule has 2 aromatic rings. The quantitative estimate of drug-likeness (QED) is 0.404. The second kappa shape index (κ2) is 12.7. The van der Waals surface area contributed by atoms with E-state index in [1.807, 2.05) is 24.3 Å². The largest absolute Gasteiger partial charge is 0.487 e. The average molecular weight is 541 g/mol. The first-order valence-electron chi connectivity index (χ1n) is 13.3. The molecule has 1 N–H and O–H groups in total. The topological polar surface area (TPSA) is 79.3 Å². The number of aryl methyl sites for hydroxylation is 1. The van der Waals surface area contributed by atoms with Gasteiger partial charge in [0.2, 0.25) is 5.91 Å². The van der Waals surface area contributed by atoms with Crippen LogP contribution in [0.2, 0.25) is 5.02 Å². The van der Waals surface area contributed by atoms with Crippen LogP contribution in [0.4, 0.5) is 5.69 Å². The molecule has 204 valence electrons. The van der Waals surface area contributed by atoms with Crippen LogP contribution in [0.5, 0.6) is 5.75 Å². The average Bonchev–Trinajstić information content (AvgIpc) is 2.94. The zero-order valence-electron chi connectivity index (χ0n) is 22.2. The van der Waals surface area contributed by atoms with Crippen molar-refractivity contribution < 1.29 is 24.2 Å². The molecule has 4 rings (SSSR count). The summed E-state index contributed by atoms with van der Waals surface area (Å²) in [5.41, 5.74) is 1.26. The summed E-state index contributed by atoms with van der Waals surface area (Å²) >= 11 is 6.28. The molecule has 2 aromatic carbocycles. The van der Waals surface area contributed by atoms with Gasteiger partial charge in [0.05, 0.1) is 19.2 Å². The summed E-state index contributed by atoms with van der Waals surface area (Å²) in [6, 6.07) is 11.1. The summed E-state index contributed by atoms with van der Waals surface area (Å²) in [4.78, 5) is 29.7. The number of amides is 1. The van der Waals surface area contributed by atoms with Gasteiger partial charge in [0.25, 0.3) is 0 Å². The Morgan fingerprint density at radius 1 is 1.05 bits per heavy atom. The molecule has 38 heavy (non-hydrogen) atoms. The molecular weight excluding hydrogens is 504 g/mol. The summed E-state index contributed by atoms with van der Waals surface area (Å²) in [6.07, 6.45) is 9.39. The van der Waals surface area contributed by atoms with Crippen LogP contribution in [-0.2, 0) is 33.0 Å². The molecule has 1 amide bonds. The number of nitrogens with zero attached hydrogens (tertiary/aromatic N) is 2. The van der Waals surface area contributed by atoms with Gasteiger partial charge < -0.3 is 24.4 Å². The Bertz CT molecular complexity index is 1180. The van der Waals surface area contributed by atoms with Crippen molar-refractivity contribution in [1.29, 1.82) is 0 Å². The highest BCUT2D eigenvalue weighted by Crippen LogP contribution is 2.37. The minimum atomic E-state index is -2.12. The lowest BCUT2D eigenvalue weighted by molar-refractivity contribution is -0.167. The zero-order valence-corrected chi connectivity index (χ0v) is 23.0. The van der Waals surface area contributed by atoms with Crippen LogP contribution in [0.15, 0.2) is 48.6 Å². The number of rotatable bonds is 1. The first-order chi connectivity index (χ1) is 18.3. The molecule has 0 unspecified atom stereocenters. The number of carbonyl (C=O) groups excluding carboxylic acids is 2. The van der Waals surface area contributed by atoms with Crippen molar-refractivity contribution in [2.75, 3.05) is 38.7 Å². The second-order valence-electron chi connectivity index (χ2n) is 10.1. The van der Waals surface area contributed by atoms with Gasteiger partial charge in [0, 0.05) is 31.7 Å². The molecular formula is C30H37ClN2O5. The summed E-state index contributed by atoms with van der Waals surface area (Å²) in [5, 5.41) is 12.4. The van der Waals surface area contributed by atoms with Crippen LogP contribution in [-0.4, -0.2) is 55.7 Å². The van der Waals surface area contributed by atoms with Crippen LogP contribution in [0.1, 0.15) is 55.2 Å². The lowest BCUT2D eigenvalue weighted by atomic mass is 9.89. The predicted molar refractivity (Wildman–Crippen MR) is 149 cm³/mol. The van der Waals surface area contributed by atoms with Gasteiger partial charge in [-0.2, -0.15) is 0 Å². The highest BCUT2D eigenvalue weighted by Gasteiger charge is 2.43. The van der Waals surface area contributed by atoms with E-state index in [-0.39, 0.29) is 5.91 Å². The normalized spacial score (nSPS) is 22.2. The molecule has 7 nitrogen and oxygen atoms in total. The van der Waals surface area contributed by atoms with Gasteiger partial charge in [-0.3, -0.25) is 4.79 Å². The van der Waals surface area contributed by atoms with Crippen LogP contribution in [0.25, 0.3) is 0 Å². The maximum atomic E-state index is 13.0. The number of carbonyl (C=O) groups is 2. The van der Waals surface area contributed by atoms with Crippen molar-refractivity contribution in [3.05, 3.63) is 70.3 Å². The number of fused-ring (bicyclic) bond motifs is 2. The number of hydrogen-bond acceptors (Lipinski definition) is 6. The Balaban J connectivity index is 1.78. The van der Waals surface area contributed by atoms with Crippen molar-refractivity contribution >= 4 is 29.2 Å². The van der Waals surface area contributed by atoms with E-state index in [1.165, 1.54) is 17.6 Å². The molecule has 2 aliphatic heterocycles. The third kappa shape index (κ3) is 6.51. The number of benzene rings is 2. The van der Waals surface area contributed by atoms with E-state index in [9.17, 15) is 14.7 Å². The predicted octanol–water partition coefficient (Wildman–Crippen LogP) is 5.01. The number of halogens is 1. The number of anilines is 1. The SMILES string of the molecule is COC(=O)[C@]1(O)CC(=O)N(C)C/C=C/CCCCN2CCCCc3cc(Cl)ccc3COc3ccc1cc32. The summed E-state index contributed by atoms with van der Waals surface area (Å²) in [7, 11) is 2.88. The van der Waals surface area contributed by atoms with E-state index in [0.29, 0.717) is 24.5 Å². The monoisotopic (exact) mass is 540 g/mol. The van der Waals surface area contributed by atoms with Gasteiger partial charge in [-0.05, 0) is 79.5 Å². The molecule has 1 atom stereocenters. The smallest absolute Gasteiger partial charge is 0.343 e. The maximum absolute atomic E-state index is 13.0. The first-order valence-corrected chi connectivity index (χ1v) is 13.7.